The fourth-order valence-electron chi connectivity index (χ4n) is 2.60. The second kappa shape index (κ2) is 10.4. The fourth-order valence-corrected chi connectivity index (χ4v) is 3.56. The van der Waals surface area contributed by atoms with E-state index in [2.05, 4.69) is 0 Å². The number of Topliss-reactive ketones (excluding diaryl/α,β-unsaturated/α-hetero) is 1. The maximum absolute atomic E-state index is 12.7. The van der Waals surface area contributed by atoms with Gasteiger partial charge in [-0.15, -0.1) is 11.8 Å². The molecule has 2 aromatic carbocycles. The summed E-state index contributed by atoms with van der Waals surface area (Å²) in [6.07, 6.45) is 0. The van der Waals surface area contributed by atoms with E-state index in [0.717, 1.165) is 5.56 Å². The molecule has 0 heterocycles. The first-order valence-electron chi connectivity index (χ1n) is 9.84. The van der Waals surface area contributed by atoms with Crippen LogP contribution in [-0.4, -0.2) is 42.0 Å². The Bertz CT molecular complexity index is 890. The number of nitrogens with zero attached hydrogens (tertiary/aromatic N) is 1. The molecular formula is C24H29NO4S. The first-order valence-corrected chi connectivity index (χ1v) is 10.8. The number of carbonyl (C=O) groups excluding carboxylic acids is 3. The highest BCUT2D eigenvalue weighted by molar-refractivity contribution is 8.00. The van der Waals surface area contributed by atoms with Crippen molar-refractivity contribution in [3.63, 3.8) is 0 Å². The second-order valence-electron chi connectivity index (χ2n) is 8.13. The van der Waals surface area contributed by atoms with Crippen molar-refractivity contribution in [2.75, 3.05) is 19.4 Å². The van der Waals surface area contributed by atoms with Gasteiger partial charge in [0.2, 0.25) is 5.91 Å². The lowest BCUT2D eigenvalue weighted by molar-refractivity contribution is -0.129. The van der Waals surface area contributed by atoms with Crippen LogP contribution in [0.15, 0.2) is 59.5 Å². The molecule has 0 spiro atoms. The van der Waals surface area contributed by atoms with Gasteiger partial charge in [0.05, 0.1) is 17.4 Å². The summed E-state index contributed by atoms with van der Waals surface area (Å²) < 4.78 is 5.21. The zero-order valence-corrected chi connectivity index (χ0v) is 19.0. The van der Waals surface area contributed by atoms with Gasteiger partial charge >= 0.3 is 5.97 Å². The highest BCUT2D eigenvalue weighted by Gasteiger charge is 2.24. The molecule has 6 heteroatoms. The van der Waals surface area contributed by atoms with E-state index in [9.17, 15) is 14.4 Å². The van der Waals surface area contributed by atoms with Crippen LogP contribution in [0.1, 0.15) is 49.7 Å². The fraction of sp³-hybridized carbons (Fsp3) is 0.375. The molecule has 0 radical (unpaired) electrons. The molecule has 160 valence electrons. The number of hydrogen-bond donors (Lipinski definition) is 0. The number of thioether (sulfide) groups is 1. The molecule has 30 heavy (non-hydrogen) atoms. The Morgan fingerprint density at radius 2 is 1.60 bits per heavy atom. The Kier molecular flexibility index (Phi) is 8.24. The topological polar surface area (TPSA) is 63.7 Å². The third-order valence-electron chi connectivity index (χ3n) is 4.89. The highest BCUT2D eigenvalue weighted by atomic mass is 32.2. The summed E-state index contributed by atoms with van der Waals surface area (Å²) >= 11 is 1.29. The van der Waals surface area contributed by atoms with Gasteiger partial charge in [-0.25, -0.2) is 4.79 Å². The van der Waals surface area contributed by atoms with Crippen molar-refractivity contribution in [3.8, 4) is 0 Å². The van der Waals surface area contributed by atoms with Gasteiger partial charge in [0.25, 0.3) is 0 Å². The monoisotopic (exact) mass is 427 g/mol. The second-order valence-corrected chi connectivity index (χ2v) is 9.14. The number of ether oxygens (including phenoxy) is 1. The molecule has 0 aliphatic carbocycles. The minimum absolute atomic E-state index is 0.0394. The average Bonchev–Trinajstić information content (AvgIpc) is 2.74. The number of carbonyl (C=O) groups is 3. The van der Waals surface area contributed by atoms with Crippen LogP contribution in [0, 0.1) is 5.41 Å². The Labute approximate surface area is 182 Å². The Morgan fingerprint density at radius 3 is 2.23 bits per heavy atom. The van der Waals surface area contributed by atoms with E-state index in [1.165, 1.54) is 11.8 Å². The predicted octanol–water partition coefficient (Wildman–Crippen LogP) is 4.77. The average molecular weight is 428 g/mol. The van der Waals surface area contributed by atoms with Gasteiger partial charge in [-0.2, -0.15) is 0 Å². The molecule has 1 unspecified atom stereocenters. The van der Waals surface area contributed by atoms with Crippen molar-refractivity contribution in [3.05, 3.63) is 65.7 Å². The van der Waals surface area contributed by atoms with Gasteiger partial charge in [0.15, 0.2) is 12.4 Å². The summed E-state index contributed by atoms with van der Waals surface area (Å²) in [5.74, 6) is -0.553. The molecular weight excluding hydrogens is 398 g/mol. The number of benzene rings is 2. The zero-order chi connectivity index (χ0) is 22.3. The summed E-state index contributed by atoms with van der Waals surface area (Å²) in [6.45, 7) is 7.07. The van der Waals surface area contributed by atoms with E-state index in [0.29, 0.717) is 10.5 Å². The molecule has 1 amide bonds. The minimum Gasteiger partial charge on any atom is -0.454 e. The molecule has 2 rings (SSSR count). The molecule has 0 aliphatic rings. The smallest absolute Gasteiger partial charge is 0.339 e. The number of rotatable bonds is 8. The van der Waals surface area contributed by atoms with Gasteiger partial charge in [0.1, 0.15) is 0 Å². The molecule has 5 nitrogen and oxygen atoms in total. The molecule has 0 bridgehead atoms. The zero-order valence-electron chi connectivity index (χ0n) is 18.2. The molecule has 2 aromatic rings. The quantitative estimate of drug-likeness (QED) is 0.448. The van der Waals surface area contributed by atoms with E-state index in [4.69, 9.17) is 4.74 Å². The molecule has 0 saturated heterocycles. The van der Waals surface area contributed by atoms with Crippen LogP contribution in [0.3, 0.4) is 0 Å². The molecule has 0 aromatic heterocycles. The maximum Gasteiger partial charge on any atom is 0.339 e. The van der Waals surface area contributed by atoms with Crippen LogP contribution < -0.4 is 0 Å². The predicted molar refractivity (Wildman–Crippen MR) is 120 cm³/mol. The van der Waals surface area contributed by atoms with Gasteiger partial charge in [0, 0.05) is 17.4 Å². The van der Waals surface area contributed by atoms with Gasteiger partial charge < -0.3 is 9.64 Å². The molecule has 1 atom stereocenters. The lowest BCUT2D eigenvalue weighted by atomic mass is 9.91. The van der Waals surface area contributed by atoms with Crippen molar-refractivity contribution in [1.29, 1.82) is 0 Å². The van der Waals surface area contributed by atoms with E-state index < -0.39 is 11.4 Å². The lowest BCUT2D eigenvalue weighted by Gasteiger charge is -2.25. The number of hydrogen-bond acceptors (Lipinski definition) is 5. The van der Waals surface area contributed by atoms with Crippen LogP contribution in [0.5, 0.6) is 0 Å². The summed E-state index contributed by atoms with van der Waals surface area (Å²) in [5.41, 5.74) is 0.850. The van der Waals surface area contributed by atoms with E-state index in [-0.39, 0.29) is 30.1 Å². The molecule has 0 N–H and O–H groups in total. The van der Waals surface area contributed by atoms with Crippen LogP contribution in [0.4, 0.5) is 0 Å². The Hall–Kier alpha value is -2.60. The number of amides is 1. The largest absolute Gasteiger partial charge is 0.454 e. The van der Waals surface area contributed by atoms with Crippen LogP contribution in [0.2, 0.25) is 0 Å². The Morgan fingerprint density at radius 1 is 1.00 bits per heavy atom. The third kappa shape index (κ3) is 6.46. The number of esters is 1. The molecule has 0 fully saturated rings. The van der Waals surface area contributed by atoms with Crippen molar-refractivity contribution in [1.82, 2.24) is 4.90 Å². The van der Waals surface area contributed by atoms with Crippen molar-refractivity contribution in [2.24, 2.45) is 5.41 Å². The standard InChI is InChI=1S/C24H29NO4S/c1-17(18-11-7-6-8-12-18)25(5)22(27)16-30-20-14-10-9-13-19(20)23(28)29-15-21(26)24(2,3)4/h6-14,17H,15-16H2,1-5H3. The highest BCUT2D eigenvalue weighted by Crippen LogP contribution is 2.26. The normalized spacial score (nSPS) is 12.2. The summed E-state index contributed by atoms with van der Waals surface area (Å²) in [6, 6.07) is 16.7. The van der Waals surface area contributed by atoms with E-state index in [1.54, 1.807) is 57.0 Å². The molecule has 0 saturated carbocycles. The first-order chi connectivity index (χ1) is 14.1. The minimum atomic E-state index is -0.568. The SMILES string of the molecule is CC(c1ccccc1)N(C)C(=O)CSc1ccccc1C(=O)OCC(=O)C(C)(C)C. The number of ketones is 1. The summed E-state index contributed by atoms with van der Waals surface area (Å²) in [4.78, 5) is 39.5. The maximum atomic E-state index is 12.7. The van der Waals surface area contributed by atoms with Crippen LogP contribution >= 0.6 is 11.8 Å². The first kappa shape index (κ1) is 23.7. The van der Waals surface area contributed by atoms with Crippen LogP contribution in [-0.2, 0) is 14.3 Å². The van der Waals surface area contributed by atoms with Crippen molar-refractivity contribution in [2.45, 2.75) is 38.6 Å². The van der Waals surface area contributed by atoms with E-state index >= 15 is 0 Å². The molecule has 0 aliphatic heterocycles. The third-order valence-corrected chi connectivity index (χ3v) is 5.94. The lowest BCUT2D eigenvalue weighted by Crippen LogP contribution is -2.31. The van der Waals surface area contributed by atoms with E-state index in [1.807, 2.05) is 37.3 Å². The summed E-state index contributed by atoms with van der Waals surface area (Å²) in [7, 11) is 1.78. The van der Waals surface area contributed by atoms with Crippen molar-refractivity contribution >= 4 is 29.4 Å². The van der Waals surface area contributed by atoms with Gasteiger partial charge in [-0.1, -0.05) is 63.2 Å². The van der Waals surface area contributed by atoms with Gasteiger partial charge in [-0.05, 0) is 24.6 Å². The Balaban J connectivity index is 2.00. The summed E-state index contributed by atoms with van der Waals surface area (Å²) in [5, 5.41) is 0. The van der Waals surface area contributed by atoms with Gasteiger partial charge in [-0.3, -0.25) is 9.59 Å². The van der Waals surface area contributed by atoms with Crippen molar-refractivity contribution < 1.29 is 19.1 Å². The van der Waals surface area contributed by atoms with Crippen LogP contribution in [0.25, 0.3) is 0 Å².